The smallest absolute Gasteiger partial charge is 0.261 e. The zero-order valence-electron chi connectivity index (χ0n) is 16.4. The molecule has 0 saturated carbocycles. The lowest BCUT2D eigenvalue weighted by Gasteiger charge is -2.11. The van der Waals surface area contributed by atoms with E-state index in [0.717, 1.165) is 40.7 Å². The molecule has 0 radical (unpaired) electrons. The predicted molar refractivity (Wildman–Crippen MR) is 121 cm³/mol. The molecule has 160 valence electrons. The lowest BCUT2D eigenvalue weighted by atomic mass is 10.0. The average molecular weight is 468 g/mol. The van der Waals surface area contributed by atoms with Gasteiger partial charge in [0.25, 0.3) is 10.0 Å². The van der Waals surface area contributed by atoms with Gasteiger partial charge in [-0.3, -0.25) is 9.71 Å². The highest BCUT2D eigenvalue weighted by Gasteiger charge is 2.17. The Kier molecular flexibility index (Phi) is 6.06. The molecule has 2 aromatic heterocycles. The number of hydrogen-bond acceptors (Lipinski definition) is 5. The second-order valence-corrected chi connectivity index (χ2v) is 8.71. The third-order valence-electron chi connectivity index (χ3n) is 4.58. The first-order valence-corrected chi connectivity index (χ1v) is 11.2. The van der Waals surface area contributed by atoms with Gasteiger partial charge in [0.15, 0.2) is 5.15 Å². The summed E-state index contributed by atoms with van der Waals surface area (Å²) in [6.07, 6.45) is 3.16. The van der Waals surface area contributed by atoms with Crippen LogP contribution < -0.4 is 4.72 Å². The van der Waals surface area contributed by atoms with Gasteiger partial charge >= 0.3 is 0 Å². The third-order valence-corrected chi connectivity index (χ3v) is 6.27. The van der Waals surface area contributed by atoms with Crippen LogP contribution in [0, 0.1) is 17.7 Å². The van der Waals surface area contributed by atoms with Crippen molar-refractivity contribution < 1.29 is 17.9 Å². The first kappa shape index (κ1) is 21.7. The Bertz CT molecular complexity index is 1480. The Labute approximate surface area is 188 Å². The maximum absolute atomic E-state index is 13.1. The maximum Gasteiger partial charge on any atom is 0.261 e. The van der Waals surface area contributed by atoms with Crippen molar-refractivity contribution in [3.05, 3.63) is 83.5 Å². The molecule has 0 unspecified atom stereocenters. The van der Waals surface area contributed by atoms with Crippen molar-refractivity contribution in [2.45, 2.75) is 4.90 Å². The van der Waals surface area contributed by atoms with E-state index in [9.17, 15) is 12.8 Å². The highest BCUT2D eigenvalue weighted by molar-refractivity contribution is 7.92. The number of anilines is 1. The Morgan fingerprint density at radius 1 is 1.03 bits per heavy atom. The van der Waals surface area contributed by atoms with Gasteiger partial charge in [-0.25, -0.2) is 17.8 Å². The molecule has 0 aliphatic carbocycles. The van der Waals surface area contributed by atoms with E-state index in [1.54, 1.807) is 18.3 Å². The van der Waals surface area contributed by atoms with Gasteiger partial charge in [0.05, 0.1) is 16.1 Å². The van der Waals surface area contributed by atoms with Crippen molar-refractivity contribution in [3.8, 4) is 23.0 Å². The lowest BCUT2D eigenvalue weighted by Crippen LogP contribution is -2.13. The second-order valence-electron chi connectivity index (χ2n) is 6.67. The van der Waals surface area contributed by atoms with E-state index in [0.29, 0.717) is 11.1 Å². The summed E-state index contributed by atoms with van der Waals surface area (Å²) in [6.45, 7) is -0.262. The highest BCUT2D eigenvalue weighted by atomic mass is 35.5. The number of nitrogens with one attached hydrogen (secondary N) is 1. The van der Waals surface area contributed by atoms with E-state index >= 15 is 0 Å². The number of halogens is 2. The number of benzene rings is 2. The summed E-state index contributed by atoms with van der Waals surface area (Å²) in [5.74, 6) is 4.98. The molecule has 0 atom stereocenters. The van der Waals surface area contributed by atoms with Crippen LogP contribution in [0.1, 0.15) is 5.56 Å². The van der Waals surface area contributed by atoms with Gasteiger partial charge in [-0.05, 0) is 54.1 Å². The minimum atomic E-state index is -4.00. The molecular formula is C23H15ClFN3O3S. The minimum Gasteiger partial charge on any atom is -0.384 e. The van der Waals surface area contributed by atoms with Gasteiger partial charge in [-0.15, -0.1) is 0 Å². The van der Waals surface area contributed by atoms with Crippen LogP contribution in [0.25, 0.3) is 22.0 Å². The molecule has 9 heteroatoms. The Morgan fingerprint density at radius 2 is 1.81 bits per heavy atom. The molecule has 2 N–H and O–H groups in total. The van der Waals surface area contributed by atoms with Crippen LogP contribution >= 0.6 is 11.6 Å². The molecule has 0 aliphatic heterocycles. The molecule has 0 amide bonds. The Morgan fingerprint density at radius 3 is 2.56 bits per heavy atom. The monoisotopic (exact) mass is 467 g/mol. The summed E-state index contributed by atoms with van der Waals surface area (Å²) in [5.41, 5.74) is 2.85. The molecular weight excluding hydrogens is 453 g/mol. The Hall–Kier alpha value is -3.51. The van der Waals surface area contributed by atoms with Gasteiger partial charge < -0.3 is 5.11 Å². The molecule has 0 fully saturated rings. The summed E-state index contributed by atoms with van der Waals surface area (Å²) >= 11 is 6.13. The summed E-state index contributed by atoms with van der Waals surface area (Å²) < 4.78 is 40.9. The predicted octanol–water partition coefficient (Wildman–Crippen LogP) is 4.23. The second kappa shape index (κ2) is 8.93. The van der Waals surface area contributed by atoms with E-state index in [-0.39, 0.29) is 22.3 Å². The highest BCUT2D eigenvalue weighted by Crippen LogP contribution is 2.30. The first-order valence-electron chi connectivity index (χ1n) is 9.30. The van der Waals surface area contributed by atoms with E-state index in [2.05, 4.69) is 26.5 Å². The topological polar surface area (TPSA) is 92.2 Å². The van der Waals surface area contributed by atoms with Gasteiger partial charge in [-0.2, -0.15) is 0 Å². The number of sulfonamides is 1. The molecule has 0 saturated heterocycles. The quantitative estimate of drug-likeness (QED) is 0.346. The standard InChI is InChI=1S/C23H15ClFN3O3S/c24-23-22(28-32(30,31)19-6-4-18(25)5-7-19)13-17(14-27-23)16-3-8-21-20(12-16)15(2-1-11-29)9-10-26-21/h3-10,12-14,28-29H,11H2. The number of rotatable bonds is 4. The molecule has 6 nitrogen and oxygen atoms in total. The summed E-state index contributed by atoms with van der Waals surface area (Å²) in [5, 5.41) is 9.73. The number of hydrogen-bond donors (Lipinski definition) is 2. The largest absolute Gasteiger partial charge is 0.384 e. The number of fused-ring (bicyclic) bond motifs is 1. The molecule has 4 aromatic rings. The van der Waals surface area contributed by atoms with E-state index < -0.39 is 15.8 Å². The zero-order chi connectivity index (χ0) is 22.7. The third kappa shape index (κ3) is 4.55. The normalized spacial score (nSPS) is 11.1. The fourth-order valence-electron chi connectivity index (χ4n) is 3.06. The molecule has 2 heterocycles. The fraction of sp³-hybridized carbons (Fsp3) is 0.0435. The molecule has 4 rings (SSSR count). The van der Waals surface area contributed by atoms with Crippen LogP contribution in [0.2, 0.25) is 5.15 Å². The molecule has 0 spiro atoms. The van der Waals surface area contributed by atoms with Crippen LogP contribution in [0.5, 0.6) is 0 Å². The number of aromatic nitrogens is 2. The van der Waals surface area contributed by atoms with Gasteiger partial charge in [-0.1, -0.05) is 29.5 Å². The number of pyridine rings is 2. The minimum absolute atomic E-state index is 0.0311. The van der Waals surface area contributed by atoms with Crippen LogP contribution in [0.15, 0.2) is 71.9 Å². The van der Waals surface area contributed by atoms with Crippen molar-refractivity contribution >= 4 is 38.2 Å². The van der Waals surface area contributed by atoms with Crippen molar-refractivity contribution in [2.75, 3.05) is 11.3 Å². The zero-order valence-corrected chi connectivity index (χ0v) is 18.0. The van der Waals surface area contributed by atoms with E-state index in [1.165, 1.54) is 6.20 Å². The van der Waals surface area contributed by atoms with Crippen molar-refractivity contribution in [3.63, 3.8) is 0 Å². The van der Waals surface area contributed by atoms with Crippen LogP contribution in [-0.4, -0.2) is 30.1 Å². The van der Waals surface area contributed by atoms with Gasteiger partial charge in [0.1, 0.15) is 12.4 Å². The van der Waals surface area contributed by atoms with Crippen LogP contribution in [-0.2, 0) is 10.0 Å². The molecule has 0 bridgehead atoms. The van der Waals surface area contributed by atoms with Crippen molar-refractivity contribution in [1.82, 2.24) is 9.97 Å². The van der Waals surface area contributed by atoms with Gasteiger partial charge in [0.2, 0.25) is 0 Å². The summed E-state index contributed by atoms with van der Waals surface area (Å²) in [6, 6.07) is 13.2. The lowest BCUT2D eigenvalue weighted by molar-refractivity contribution is 0.350. The molecule has 0 aliphatic rings. The summed E-state index contributed by atoms with van der Waals surface area (Å²) in [4.78, 5) is 8.31. The SMILES string of the molecule is O=S(=O)(Nc1cc(-c2ccc3nccc(C#CCO)c3c2)cnc1Cl)c1ccc(F)cc1. The van der Waals surface area contributed by atoms with E-state index in [4.69, 9.17) is 16.7 Å². The van der Waals surface area contributed by atoms with Crippen LogP contribution in [0.3, 0.4) is 0 Å². The van der Waals surface area contributed by atoms with Crippen molar-refractivity contribution in [1.29, 1.82) is 0 Å². The maximum atomic E-state index is 13.1. The van der Waals surface area contributed by atoms with Crippen LogP contribution in [0.4, 0.5) is 10.1 Å². The number of nitrogens with zero attached hydrogens (tertiary/aromatic N) is 2. The van der Waals surface area contributed by atoms with E-state index in [1.807, 2.05) is 18.2 Å². The number of aliphatic hydroxyl groups excluding tert-OH is 1. The Balaban J connectivity index is 1.74. The summed E-state index contributed by atoms with van der Waals surface area (Å²) in [7, 11) is -4.00. The average Bonchev–Trinajstić information content (AvgIpc) is 2.79. The number of aliphatic hydroxyl groups is 1. The molecule has 32 heavy (non-hydrogen) atoms. The fourth-order valence-corrected chi connectivity index (χ4v) is 4.33. The molecule has 2 aromatic carbocycles. The first-order chi connectivity index (χ1) is 15.4. The van der Waals surface area contributed by atoms with Crippen molar-refractivity contribution in [2.24, 2.45) is 0 Å². The van der Waals surface area contributed by atoms with Gasteiger partial charge in [0, 0.05) is 28.9 Å².